The molecule has 3 aromatic heterocycles. The number of pyridine rings is 2. The van der Waals surface area contributed by atoms with E-state index in [1.807, 2.05) is 0 Å². The number of aromatic nitrogens is 5. The van der Waals surface area contributed by atoms with Crippen LogP contribution in [-0.4, -0.2) is 37.9 Å². The molecule has 8 nitrogen and oxygen atoms in total. The molecular weight excluding hydrogens is 449 g/mol. The summed E-state index contributed by atoms with van der Waals surface area (Å²) in [7, 11) is 1.57. The summed E-state index contributed by atoms with van der Waals surface area (Å²) in [6, 6.07) is 0.893. The van der Waals surface area contributed by atoms with Crippen molar-refractivity contribution in [3.63, 3.8) is 0 Å². The van der Waals surface area contributed by atoms with E-state index in [0.29, 0.717) is 22.5 Å². The summed E-state index contributed by atoms with van der Waals surface area (Å²) in [6.07, 6.45) is 1.83. The van der Waals surface area contributed by atoms with E-state index in [-0.39, 0.29) is 36.2 Å². The molecule has 0 aromatic carbocycles. The minimum Gasteiger partial charge on any atom is -0.378 e. The highest BCUT2D eigenvalue weighted by molar-refractivity contribution is 5.84. The molecule has 3 heterocycles. The van der Waals surface area contributed by atoms with Crippen LogP contribution in [0.2, 0.25) is 0 Å². The highest BCUT2D eigenvalue weighted by atomic mass is 19.4. The van der Waals surface area contributed by atoms with Crippen LogP contribution in [0, 0.1) is 19.4 Å². The van der Waals surface area contributed by atoms with Gasteiger partial charge in [-0.15, -0.1) is 4.80 Å². The molecule has 0 radical (unpaired) electrons. The van der Waals surface area contributed by atoms with Gasteiger partial charge in [-0.05, 0) is 48.4 Å². The molecule has 0 N–H and O–H groups in total. The molecular formula is C23H21F3N6O2. The van der Waals surface area contributed by atoms with Crippen LogP contribution in [-0.2, 0) is 28.5 Å². The van der Waals surface area contributed by atoms with Gasteiger partial charge in [-0.3, -0.25) is 9.78 Å². The molecule has 1 aliphatic carbocycles. The van der Waals surface area contributed by atoms with Crippen LogP contribution in [0.4, 0.5) is 18.9 Å². The number of ether oxygens (including phenoxy) is 1. The summed E-state index contributed by atoms with van der Waals surface area (Å²) >= 11 is 0. The zero-order valence-electron chi connectivity index (χ0n) is 18.5. The van der Waals surface area contributed by atoms with E-state index in [0.717, 1.165) is 23.7 Å². The monoisotopic (exact) mass is 470 g/mol. The normalized spacial score (nSPS) is 14.6. The number of aryl methyl sites for hydroxylation is 1. The first-order valence-electron chi connectivity index (χ1n) is 10.6. The molecule has 4 rings (SSSR count). The van der Waals surface area contributed by atoms with Crippen molar-refractivity contribution in [2.24, 2.45) is 5.92 Å². The van der Waals surface area contributed by atoms with Crippen LogP contribution in [0.3, 0.4) is 0 Å². The fourth-order valence-electron chi connectivity index (χ4n) is 3.99. The predicted molar refractivity (Wildman–Crippen MR) is 114 cm³/mol. The maximum Gasteiger partial charge on any atom is 0.420 e. The summed E-state index contributed by atoms with van der Waals surface area (Å²) in [5.74, 6) is -0.524. The van der Waals surface area contributed by atoms with Crippen LogP contribution in [0.25, 0.3) is 10.7 Å². The molecule has 1 fully saturated rings. The molecule has 176 valence electrons. The number of carbonyl (C=O) groups excluding carboxylic acids is 1. The fraction of sp³-hybridized carbons (Fsp3) is 0.391. The van der Waals surface area contributed by atoms with Gasteiger partial charge in [0.2, 0.25) is 5.69 Å². The first kappa shape index (κ1) is 23.5. The maximum atomic E-state index is 13.6. The fourth-order valence-corrected chi connectivity index (χ4v) is 3.99. The Balaban J connectivity index is 1.62. The molecule has 3 aromatic rings. The van der Waals surface area contributed by atoms with Crippen molar-refractivity contribution in [1.82, 2.24) is 25.0 Å². The van der Waals surface area contributed by atoms with Gasteiger partial charge in [0.1, 0.15) is 11.3 Å². The molecule has 34 heavy (non-hydrogen) atoms. The molecule has 0 unspecified atom stereocenters. The van der Waals surface area contributed by atoms with Crippen LogP contribution in [0.5, 0.6) is 0 Å². The lowest BCUT2D eigenvalue weighted by Gasteiger charge is -2.21. The van der Waals surface area contributed by atoms with Gasteiger partial charge in [-0.25, -0.2) is 9.83 Å². The Morgan fingerprint density at radius 3 is 2.53 bits per heavy atom. The Morgan fingerprint density at radius 2 is 1.94 bits per heavy atom. The Morgan fingerprint density at radius 1 is 1.24 bits per heavy atom. The quantitative estimate of drug-likeness (QED) is 0.454. The summed E-state index contributed by atoms with van der Waals surface area (Å²) in [6.45, 7) is 9.32. The first-order chi connectivity index (χ1) is 16.2. The van der Waals surface area contributed by atoms with E-state index in [9.17, 15) is 18.0 Å². The number of alkyl halides is 3. The van der Waals surface area contributed by atoms with Crippen molar-refractivity contribution in [3.8, 4) is 5.82 Å². The lowest BCUT2D eigenvalue weighted by Crippen LogP contribution is -2.17. The highest BCUT2D eigenvalue weighted by Gasteiger charge is 2.37. The highest BCUT2D eigenvalue weighted by Crippen LogP contribution is 2.47. The first-order valence-corrected chi connectivity index (χ1v) is 10.6. The Labute approximate surface area is 193 Å². The molecule has 0 saturated heterocycles. The molecule has 0 amide bonds. The van der Waals surface area contributed by atoms with E-state index in [2.05, 4.69) is 25.0 Å². The SMILES string of the molecule is [C-]#[N+]c1c(C)ncc(CC(=O)Cc2cnc(-n3nccn3)c(C(F)(F)F)c2)c1[C@H](OC)C1CC1. The lowest BCUT2D eigenvalue weighted by atomic mass is 9.93. The molecule has 1 saturated carbocycles. The van der Waals surface area contributed by atoms with Crippen molar-refractivity contribution < 1.29 is 22.7 Å². The van der Waals surface area contributed by atoms with Crippen LogP contribution in [0.1, 0.15) is 46.9 Å². The molecule has 0 aliphatic heterocycles. The van der Waals surface area contributed by atoms with Gasteiger partial charge >= 0.3 is 6.18 Å². The third-order valence-corrected chi connectivity index (χ3v) is 5.68. The van der Waals surface area contributed by atoms with Crippen molar-refractivity contribution in [1.29, 1.82) is 0 Å². The third kappa shape index (κ3) is 4.82. The number of nitrogens with zero attached hydrogens (tertiary/aromatic N) is 6. The van der Waals surface area contributed by atoms with Crippen LogP contribution >= 0.6 is 0 Å². The molecule has 11 heteroatoms. The predicted octanol–water partition coefficient (Wildman–Crippen LogP) is 4.39. The summed E-state index contributed by atoms with van der Waals surface area (Å²) in [4.78, 5) is 25.4. The summed E-state index contributed by atoms with van der Waals surface area (Å²) in [5.41, 5.74) is 1.20. The van der Waals surface area contributed by atoms with Crippen molar-refractivity contribution in [2.75, 3.05) is 7.11 Å². The lowest BCUT2D eigenvalue weighted by molar-refractivity contribution is -0.138. The van der Waals surface area contributed by atoms with Crippen molar-refractivity contribution in [3.05, 3.63) is 70.2 Å². The Hall–Kier alpha value is -3.65. The number of halogens is 3. The molecule has 1 atom stereocenters. The molecule has 0 spiro atoms. The number of carbonyl (C=O) groups is 1. The largest absolute Gasteiger partial charge is 0.420 e. The average molecular weight is 470 g/mol. The second kappa shape index (κ2) is 9.30. The third-order valence-electron chi connectivity index (χ3n) is 5.68. The average Bonchev–Trinajstić information content (AvgIpc) is 3.47. The van der Waals surface area contributed by atoms with E-state index in [1.54, 1.807) is 20.2 Å². The second-order valence-electron chi connectivity index (χ2n) is 8.16. The maximum absolute atomic E-state index is 13.6. The topological polar surface area (TPSA) is 87.2 Å². The molecule has 0 bridgehead atoms. The van der Waals surface area contributed by atoms with Gasteiger partial charge in [0.25, 0.3) is 0 Å². The summed E-state index contributed by atoms with van der Waals surface area (Å²) < 4.78 is 46.6. The zero-order valence-corrected chi connectivity index (χ0v) is 18.5. The number of hydrogen-bond donors (Lipinski definition) is 0. The smallest absolute Gasteiger partial charge is 0.378 e. The van der Waals surface area contributed by atoms with Gasteiger partial charge in [-0.1, -0.05) is 0 Å². The number of rotatable bonds is 8. The van der Waals surface area contributed by atoms with E-state index < -0.39 is 17.6 Å². The minimum atomic E-state index is -4.70. The Kier molecular flexibility index (Phi) is 6.43. The number of methoxy groups -OCH3 is 1. The summed E-state index contributed by atoms with van der Waals surface area (Å²) in [5, 5.41) is 7.43. The van der Waals surface area contributed by atoms with Crippen molar-refractivity contribution in [2.45, 2.75) is 44.9 Å². The standard InChI is InChI=1S/C23H21F3N6O2/c1-13-20(27-2)19(21(34-3)15-4-5-15)16(12-28-13)10-17(33)8-14-9-18(23(24,25)26)22(29-11-14)32-30-6-7-31-32/h6-7,9,11-12,15,21H,4-5,8,10H2,1,3H3/t21-/m1/s1. The van der Waals surface area contributed by atoms with E-state index in [4.69, 9.17) is 11.3 Å². The van der Waals surface area contributed by atoms with Crippen molar-refractivity contribution >= 4 is 11.5 Å². The van der Waals surface area contributed by atoms with Gasteiger partial charge < -0.3 is 4.74 Å². The zero-order chi connectivity index (χ0) is 24.5. The van der Waals surface area contributed by atoms with Crippen LogP contribution in [0.15, 0.2) is 30.9 Å². The number of ketones is 1. The van der Waals surface area contributed by atoms with Gasteiger partial charge in [0.15, 0.2) is 5.82 Å². The van der Waals surface area contributed by atoms with Crippen LogP contribution < -0.4 is 0 Å². The van der Waals surface area contributed by atoms with E-state index in [1.165, 1.54) is 18.6 Å². The van der Waals surface area contributed by atoms with Gasteiger partial charge in [0.05, 0.1) is 25.1 Å². The minimum absolute atomic E-state index is 0.0818. The van der Waals surface area contributed by atoms with Gasteiger partial charge in [0, 0.05) is 38.0 Å². The Bertz CT molecular complexity index is 1250. The molecule has 1 aliphatic rings. The number of Topliss-reactive ketones (excluding diaryl/α,β-unsaturated/α-hetero) is 1. The van der Waals surface area contributed by atoms with E-state index >= 15 is 0 Å². The van der Waals surface area contributed by atoms with Gasteiger partial charge in [-0.2, -0.15) is 23.4 Å². The second-order valence-corrected chi connectivity index (χ2v) is 8.16. The number of hydrogen-bond acceptors (Lipinski definition) is 6.